The molecular formula is C13H25N3. The Labute approximate surface area is 99.0 Å². The second-order valence-electron chi connectivity index (χ2n) is 4.64. The minimum atomic E-state index is 0.134. The quantitative estimate of drug-likeness (QED) is 0.772. The Bertz CT molecular complexity index is 293. The van der Waals surface area contributed by atoms with E-state index >= 15 is 0 Å². The van der Waals surface area contributed by atoms with Gasteiger partial charge in [0.25, 0.3) is 0 Å². The van der Waals surface area contributed by atoms with E-state index in [1.54, 1.807) is 0 Å². The average Bonchev–Trinajstić information content (AvgIpc) is 2.70. The van der Waals surface area contributed by atoms with Gasteiger partial charge in [0.05, 0.1) is 5.69 Å². The van der Waals surface area contributed by atoms with Crippen LogP contribution in [0.5, 0.6) is 0 Å². The van der Waals surface area contributed by atoms with Crippen molar-refractivity contribution in [2.24, 2.45) is 18.7 Å². The zero-order valence-corrected chi connectivity index (χ0v) is 10.8. The van der Waals surface area contributed by atoms with E-state index in [-0.39, 0.29) is 6.04 Å². The molecule has 0 saturated heterocycles. The smallest absolute Gasteiger partial charge is 0.0548 e. The fraction of sp³-hybridized carbons (Fsp3) is 0.769. The van der Waals surface area contributed by atoms with E-state index in [0.717, 1.165) is 18.0 Å². The molecule has 0 radical (unpaired) electrons. The van der Waals surface area contributed by atoms with Crippen molar-refractivity contribution >= 4 is 0 Å². The fourth-order valence-corrected chi connectivity index (χ4v) is 2.21. The third kappa shape index (κ3) is 3.63. The Kier molecular flexibility index (Phi) is 5.53. The van der Waals surface area contributed by atoms with Gasteiger partial charge in [-0.1, -0.05) is 39.5 Å². The molecule has 0 aliphatic rings. The van der Waals surface area contributed by atoms with Gasteiger partial charge in [-0.2, -0.15) is 5.10 Å². The number of hydrogen-bond acceptors (Lipinski definition) is 2. The van der Waals surface area contributed by atoms with Gasteiger partial charge in [-0.15, -0.1) is 0 Å². The number of nitrogens with two attached hydrogens (primary N) is 1. The molecule has 0 amide bonds. The minimum absolute atomic E-state index is 0.134. The van der Waals surface area contributed by atoms with E-state index in [2.05, 4.69) is 18.9 Å². The lowest BCUT2D eigenvalue weighted by atomic mass is 9.91. The normalized spacial score (nSPS) is 15.0. The molecule has 1 rings (SSSR count). The molecule has 1 aromatic heterocycles. The lowest BCUT2D eigenvalue weighted by molar-refractivity contribution is 0.380. The maximum Gasteiger partial charge on any atom is 0.0548 e. The molecule has 1 aromatic rings. The highest BCUT2D eigenvalue weighted by Gasteiger charge is 2.15. The van der Waals surface area contributed by atoms with Gasteiger partial charge in [0.1, 0.15) is 0 Å². The Balaban J connectivity index is 2.48. The molecule has 0 aromatic carbocycles. The number of aromatic nitrogens is 2. The lowest BCUT2D eigenvalue weighted by Gasteiger charge is -2.19. The Morgan fingerprint density at radius 3 is 2.69 bits per heavy atom. The van der Waals surface area contributed by atoms with Crippen LogP contribution in [-0.4, -0.2) is 9.78 Å². The summed E-state index contributed by atoms with van der Waals surface area (Å²) in [5.74, 6) is 0.754. The Hall–Kier alpha value is -0.830. The lowest BCUT2D eigenvalue weighted by Crippen LogP contribution is -2.18. The maximum atomic E-state index is 6.23. The van der Waals surface area contributed by atoms with Crippen molar-refractivity contribution in [1.29, 1.82) is 0 Å². The minimum Gasteiger partial charge on any atom is -0.323 e. The fourth-order valence-electron chi connectivity index (χ4n) is 2.21. The summed E-state index contributed by atoms with van der Waals surface area (Å²) in [5, 5.41) is 4.17. The standard InChI is InChI=1S/C13H25N3/c1-4-6-7-11(5-2)10-12(14)13-8-9-15-16(13)3/h8-9,11-12H,4-7,10,14H2,1-3H3. The van der Waals surface area contributed by atoms with Crippen LogP contribution in [0.2, 0.25) is 0 Å². The van der Waals surface area contributed by atoms with Gasteiger partial charge in [-0.25, -0.2) is 0 Å². The van der Waals surface area contributed by atoms with E-state index in [4.69, 9.17) is 5.73 Å². The molecule has 0 aliphatic carbocycles. The maximum absolute atomic E-state index is 6.23. The van der Waals surface area contributed by atoms with Crippen LogP contribution >= 0.6 is 0 Å². The summed E-state index contributed by atoms with van der Waals surface area (Å²) in [6.45, 7) is 4.50. The molecule has 2 unspecified atom stereocenters. The van der Waals surface area contributed by atoms with Crippen molar-refractivity contribution in [1.82, 2.24) is 9.78 Å². The first-order valence-corrected chi connectivity index (χ1v) is 6.42. The molecular weight excluding hydrogens is 198 g/mol. The van der Waals surface area contributed by atoms with E-state index in [0.29, 0.717) is 0 Å². The van der Waals surface area contributed by atoms with E-state index in [1.807, 2.05) is 24.0 Å². The number of unbranched alkanes of at least 4 members (excludes halogenated alkanes) is 1. The Morgan fingerprint density at radius 2 is 2.19 bits per heavy atom. The average molecular weight is 223 g/mol. The van der Waals surface area contributed by atoms with Crippen LogP contribution in [0.1, 0.15) is 57.7 Å². The highest BCUT2D eigenvalue weighted by Crippen LogP contribution is 2.24. The van der Waals surface area contributed by atoms with Gasteiger partial charge >= 0.3 is 0 Å². The molecule has 0 bridgehead atoms. The molecule has 92 valence electrons. The first-order chi connectivity index (χ1) is 7.69. The van der Waals surface area contributed by atoms with Crippen molar-refractivity contribution in [2.45, 2.75) is 52.0 Å². The zero-order valence-electron chi connectivity index (χ0n) is 10.8. The Morgan fingerprint density at radius 1 is 1.44 bits per heavy atom. The first kappa shape index (κ1) is 13.2. The van der Waals surface area contributed by atoms with Crippen molar-refractivity contribution in [3.05, 3.63) is 18.0 Å². The van der Waals surface area contributed by atoms with Crippen LogP contribution in [0.25, 0.3) is 0 Å². The molecule has 3 nitrogen and oxygen atoms in total. The molecule has 0 saturated carbocycles. The number of rotatable bonds is 7. The molecule has 1 heterocycles. The van der Waals surface area contributed by atoms with Gasteiger partial charge < -0.3 is 5.73 Å². The summed E-state index contributed by atoms with van der Waals surface area (Å²) in [4.78, 5) is 0. The van der Waals surface area contributed by atoms with Crippen molar-refractivity contribution in [3.8, 4) is 0 Å². The van der Waals surface area contributed by atoms with E-state index in [1.165, 1.54) is 25.7 Å². The number of aryl methyl sites for hydroxylation is 1. The predicted molar refractivity (Wildman–Crippen MR) is 68.1 cm³/mol. The van der Waals surface area contributed by atoms with Gasteiger partial charge in [0.15, 0.2) is 0 Å². The molecule has 0 spiro atoms. The van der Waals surface area contributed by atoms with Gasteiger partial charge in [0, 0.05) is 19.3 Å². The molecule has 0 aliphatic heterocycles. The highest BCUT2D eigenvalue weighted by atomic mass is 15.3. The van der Waals surface area contributed by atoms with Gasteiger partial charge in [-0.3, -0.25) is 4.68 Å². The molecule has 3 heteroatoms. The summed E-state index contributed by atoms with van der Waals surface area (Å²) in [6, 6.07) is 2.16. The van der Waals surface area contributed by atoms with Crippen molar-refractivity contribution in [3.63, 3.8) is 0 Å². The van der Waals surface area contributed by atoms with Crippen LogP contribution in [0.3, 0.4) is 0 Å². The largest absolute Gasteiger partial charge is 0.323 e. The summed E-state index contributed by atoms with van der Waals surface area (Å²) < 4.78 is 1.89. The van der Waals surface area contributed by atoms with Crippen molar-refractivity contribution < 1.29 is 0 Å². The number of nitrogens with zero attached hydrogens (tertiary/aromatic N) is 2. The second kappa shape index (κ2) is 6.69. The van der Waals surface area contributed by atoms with Crippen LogP contribution in [-0.2, 0) is 7.05 Å². The predicted octanol–water partition coefficient (Wildman–Crippen LogP) is 3.03. The summed E-state index contributed by atoms with van der Waals surface area (Å²) >= 11 is 0. The molecule has 2 N–H and O–H groups in total. The van der Waals surface area contributed by atoms with Gasteiger partial charge in [0.2, 0.25) is 0 Å². The third-order valence-corrected chi connectivity index (χ3v) is 3.37. The van der Waals surface area contributed by atoms with E-state index in [9.17, 15) is 0 Å². The molecule has 0 fully saturated rings. The SMILES string of the molecule is CCCCC(CC)CC(N)c1ccnn1C. The van der Waals surface area contributed by atoms with Crippen LogP contribution in [0.4, 0.5) is 0 Å². The zero-order chi connectivity index (χ0) is 12.0. The van der Waals surface area contributed by atoms with Gasteiger partial charge in [-0.05, 0) is 18.4 Å². The summed E-state index contributed by atoms with van der Waals surface area (Å²) in [5.41, 5.74) is 7.38. The second-order valence-corrected chi connectivity index (χ2v) is 4.64. The van der Waals surface area contributed by atoms with Crippen molar-refractivity contribution in [2.75, 3.05) is 0 Å². The third-order valence-electron chi connectivity index (χ3n) is 3.37. The molecule has 16 heavy (non-hydrogen) atoms. The van der Waals surface area contributed by atoms with Crippen LogP contribution in [0, 0.1) is 5.92 Å². The monoisotopic (exact) mass is 223 g/mol. The summed E-state index contributed by atoms with van der Waals surface area (Å²) in [7, 11) is 1.96. The number of hydrogen-bond donors (Lipinski definition) is 1. The van der Waals surface area contributed by atoms with E-state index < -0.39 is 0 Å². The highest BCUT2D eigenvalue weighted by molar-refractivity contribution is 5.05. The summed E-state index contributed by atoms with van der Waals surface area (Å²) in [6.07, 6.45) is 8.02. The van der Waals surface area contributed by atoms with Crippen LogP contribution < -0.4 is 5.73 Å². The molecule has 2 atom stereocenters. The van der Waals surface area contributed by atoms with Crippen LogP contribution in [0.15, 0.2) is 12.3 Å². The topological polar surface area (TPSA) is 43.8 Å². The first-order valence-electron chi connectivity index (χ1n) is 6.42.